The van der Waals surface area contributed by atoms with Crippen LogP contribution in [0.3, 0.4) is 0 Å². The van der Waals surface area contributed by atoms with E-state index in [0.717, 1.165) is 45.0 Å². The average Bonchev–Trinajstić information content (AvgIpc) is 3.62. The first kappa shape index (κ1) is 27.8. The van der Waals surface area contributed by atoms with Crippen LogP contribution in [0.4, 0.5) is 24.5 Å². The van der Waals surface area contributed by atoms with Crippen LogP contribution in [0.15, 0.2) is 75.9 Å². The third-order valence-corrected chi connectivity index (χ3v) is 10.6. The van der Waals surface area contributed by atoms with E-state index in [9.17, 15) is 32.3 Å². The third kappa shape index (κ3) is 5.00. The van der Waals surface area contributed by atoms with E-state index >= 15 is 0 Å². The van der Waals surface area contributed by atoms with E-state index < -0.39 is 58.0 Å². The van der Waals surface area contributed by atoms with E-state index in [0.29, 0.717) is 20.6 Å². The van der Waals surface area contributed by atoms with Crippen molar-refractivity contribution < 1.29 is 27.6 Å². The molecule has 1 N–H and O–H groups in total. The van der Waals surface area contributed by atoms with E-state index in [-0.39, 0.29) is 5.69 Å². The van der Waals surface area contributed by atoms with Gasteiger partial charge in [-0.25, -0.2) is 4.90 Å². The second kappa shape index (κ2) is 10.5. The molecule has 0 spiro atoms. The highest BCUT2D eigenvalue weighted by Crippen LogP contribution is 2.54. The molecule has 4 aromatic rings. The Morgan fingerprint density at radius 1 is 1.00 bits per heavy atom. The molecule has 7 nitrogen and oxygen atoms in total. The molecule has 41 heavy (non-hydrogen) atoms. The van der Waals surface area contributed by atoms with Crippen LogP contribution in [0.1, 0.15) is 21.2 Å². The number of thiophene rings is 1. The Morgan fingerprint density at radius 2 is 1.76 bits per heavy atom. The molecular formula is C27H17ClF3N3O4S3. The second-order valence-electron chi connectivity index (χ2n) is 9.30. The van der Waals surface area contributed by atoms with Crippen LogP contribution in [-0.4, -0.2) is 27.5 Å². The fourth-order valence-corrected chi connectivity index (χ4v) is 8.84. The number of anilines is 2. The minimum atomic E-state index is -4.58. The van der Waals surface area contributed by atoms with Crippen molar-refractivity contribution in [3.8, 4) is 0 Å². The van der Waals surface area contributed by atoms with Crippen LogP contribution in [0.25, 0.3) is 0 Å². The number of nitrogens with zero attached hydrogens (tertiary/aromatic N) is 2. The summed E-state index contributed by atoms with van der Waals surface area (Å²) in [7, 11) is 0. The summed E-state index contributed by atoms with van der Waals surface area (Å²) in [6.45, 7) is -0.481. The van der Waals surface area contributed by atoms with Crippen LogP contribution < -0.4 is 15.1 Å². The molecule has 0 radical (unpaired) electrons. The standard InChI is InChI=1S/C27H17ClF3N3O4S3/c28-14-6-8-16(9-7-14)34-23(36)20-19(17-5-2-10-39-17)22-25(40-21(20)24(34)37)33(26(38)41-22)12-18(35)32-15-4-1-3-13(11-15)27(29,30)31/h1-11,19-21H,12H2,(H,32,35). The van der Waals surface area contributed by atoms with Gasteiger partial charge < -0.3 is 5.32 Å². The van der Waals surface area contributed by atoms with Gasteiger partial charge in [-0.05, 0) is 53.9 Å². The Kier molecular flexibility index (Phi) is 7.09. The van der Waals surface area contributed by atoms with Gasteiger partial charge in [-0.3, -0.25) is 23.7 Å². The zero-order valence-corrected chi connectivity index (χ0v) is 23.8. The number of thiazole rings is 1. The molecule has 210 valence electrons. The normalized spacial score (nSPS) is 20.2. The van der Waals surface area contributed by atoms with Gasteiger partial charge in [-0.1, -0.05) is 46.8 Å². The molecule has 14 heteroatoms. The van der Waals surface area contributed by atoms with Crippen LogP contribution >= 0.6 is 46.0 Å². The summed E-state index contributed by atoms with van der Waals surface area (Å²) >= 11 is 9.34. The number of rotatable bonds is 5. The topological polar surface area (TPSA) is 88.5 Å². The summed E-state index contributed by atoms with van der Waals surface area (Å²) in [6.07, 6.45) is -4.58. The molecule has 1 saturated heterocycles. The van der Waals surface area contributed by atoms with Gasteiger partial charge in [0.15, 0.2) is 0 Å². The molecule has 6 rings (SSSR count). The number of carbonyl (C=O) groups is 3. The summed E-state index contributed by atoms with van der Waals surface area (Å²) < 4.78 is 40.5. The minimum absolute atomic E-state index is 0.0682. The molecule has 2 aromatic heterocycles. The number of hydrogen-bond acceptors (Lipinski definition) is 7. The van der Waals surface area contributed by atoms with Crippen molar-refractivity contribution in [3.63, 3.8) is 0 Å². The van der Waals surface area contributed by atoms with Crippen molar-refractivity contribution in [2.75, 3.05) is 10.2 Å². The molecule has 2 aromatic carbocycles. The van der Waals surface area contributed by atoms with Gasteiger partial charge in [0.1, 0.15) is 11.8 Å². The van der Waals surface area contributed by atoms with E-state index in [1.165, 1.54) is 28.0 Å². The van der Waals surface area contributed by atoms with Crippen molar-refractivity contribution in [1.29, 1.82) is 0 Å². The molecule has 2 aliphatic heterocycles. The number of imide groups is 1. The van der Waals surface area contributed by atoms with Crippen molar-refractivity contribution in [2.24, 2.45) is 5.92 Å². The Morgan fingerprint density at radius 3 is 2.44 bits per heavy atom. The Balaban J connectivity index is 1.35. The van der Waals surface area contributed by atoms with Crippen LogP contribution in [0.2, 0.25) is 5.02 Å². The fourth-order valence-electron chi connectivity index (χ4n) is 4.99. The number of nitrogens with one attached hydrogen (secondary N) is 1. The lowest BCUT2D eigenvalue weighted by atomic mass is 9.87. The molecule has 0 saturated carbocycles. The number of halogens is 4. The summed E-state index contributed by atoms with van der Waals surface area (Å²) in [5.41, 5.74) is -0.609. The minimum Gasteiger partial charge on any atom is -0.325 e. The maximum absolute atomic E-state index is 13.8. The highest BCUT2D eigenvalue weighted by molar-refractivity contribution is 8.00. The summed E-state index contributed by atoms with van der Waals surface area (Å²) in [4.78, 5) is 55.5. The number of fused-ring (bicyclic) bond motifs is 2. The molecule has 0 bridgehead atoms. The number of aromatic nitrogens is 1. The van der Waals surface area contributed by atoms with Gasteiger partial charge in [0, 0.05) is 26.4 Å². The number of carbonyl (C=O) groups excluding carboxylic acids is 3. The first-order valence-electron chi connectivity index (χ1n) is 12.1. The van der Waals surface area contributed by atoms with E-state index in [1.807, 2.05) is 17.5 Å². The lowest BCUT2D eigenvalue weighted by Crippen LogP contribution is -2.32. The largest absolute Gasteiger partial charge is 0.416 e. The molecule has 4 heterocycles. The SMILES string of the molecule is O=C(Cn1c2c(sc1=O)C(c1cccs1)C1C(=O)N(c3ccc(Cl)cc3)C(=O)C1S2)Nc1cccc(C(F)(F)F)c1. The molecule has 0 aliphatic carbocycles. The maximum Gasteiger partial charge on any atom is 0.416 e. The van der Waals surface area contributed by atoms with Crippen LogP contribution in [-0.2, 0) is 27.1 Å². The van der Waals surface area contributed by atoms with Crippen molar-refractivity contribution in [1.82, 2.24) is 4.57 Å². The van der Waals surface area contributed by atoms with E-state index in [1.54, 1.807) is 24.3 Å². The molecule has 3 unspecified atom stereocenters. The zero-order chi connectivity index (χ0) is 29.1. The molecule has 2 aliphatic rings. The Bertz CT molecular complexity index is 1730. The van der Waals surface area contributed by atoms with Crippen molar-refractivity contribution >= 4 is 75.1 Å². The van der Waals surface area contributed by atoms with Gasteiger partial charge in [-0.15, -0.1) is 11.3 Å². The number of amides is 3. The predicted molar refractivity (Wildman–Crippen MR) is 152 cm³/mol. The average molecular weight is 636 g/mol. The number of alkyl halides is 3. The number of benzene rings is 2. The van der Waals surface area contributed by atoms with Crippen LogP contribution in [0.5, 0.6) is 0 Å². The monoisotopic (exact) mass is 635 g/mol. The van der Waals surface area contributed by atoms with Gasteiger partial charge in [0.2, 0.25) is 17.7 Å². The van der Waals surface area contributed by atoms with Crippen molar-refractivity contribution in [2.45, 2.75) is 28.9 Å². The highest BCUT2D eigenvalue weighted by Gasteiger charge is 2.57. The smallest absolute Gasteiger partial charge is 0.325 e. The van der Waals surface area contributed by atoms with E-state index in [2.05, 4.69) is 5.32 Å². The van der Waals surface area contributed by atoms with Gasteiger partial charge >= 0.3 is 11.0 Å². The van der Waals surface area contributed by atoms with Crippen molar-refractivity contribution in [3.05, 3.63) is 96.1 Å². The molecule has 3 atom stereocenters. The van der Waals surface area contributed by atoms with Gasteiger partial charge in [-0.2, -0.15) is 13.2 Å². The number of hydrogen-bond donors (Lipinski definition) is 1. The van der Waals surface area contributed by atoms with Gasteiger partial charge in [0.25, 0.3) is 0 Å². The summed E-state index contributed by atoms with van der Waals surface area (Å²) in [5, 5.41) is 4.24. The lowest BCUT2D eigenvalue weighted by Gasteiger charge is -2.29. The van der Waals surface area contributed by atoms with Gasteiger partial charge in [0.05, 0.1) is 22.2 Å². The molecule has 3 amide bonds. The number of thioether (sulfide) groups is 1. The molecule has 1 fully saturated rings. The fraction of sp³-hybridized carbons (Fsp3) is 0.185. The first-order chi connectivity index (χ1) is 19.5. The first-order valence-corrected chi connectivity index (χ1v) is 15.0. The summed E-state index contributed by atoms with van der Waals surface area (Å²) in [5.74, 6) is -2.92. The molecular weight excluding hydrogens is 619 g/mol. The zero-order valence-electron chi connectivity index (χ0n) is 20.6. The predicted octanol–water partition coefficient (Wildman–Crippen LogP) is 6.08. The van der Waals surface area contributed by atoms with E-state index in [4.69, 9.17) is 11.6 Å². The lowest BCUT2D eigenvalue weighted by molar-refractivity contribution is -0.137. The van der Waals surface area contributed by atoms with Crippen LogP contribution in [0, 0.1) is 5.92 Å². The summed E-state index contributed by atoms with van der Waals surface area (Å²) in [6, 6.07) is 14.2. The second-order valence-corrected chi connectivity index (χ2v) is 12.8. The Labute approximate surface area is 247 Å². The maximum atomic E-state index is 13.8. The quantitative estimate of drug-likeness (QED) is 0.269. The highest BCUT2D eigenvalue weighted by atomic mass is 35.5. The third-order valence-electron chi connectivity index (χ3n) is 6.76. The Hall–Kier alpha value is -3.39.